The summed E-state index contributed by atoms with van der Waals surface area (Å²) in [4.78, 5) is 0. The van der Waals surface area contributed by atoms with Crippen LogP contribution in [0.15, 0.2) is 12.2 Å². The molecule has 0 aliphatic heterocycles. The van der Waals surface area contributed by atoms with E-state index in [1.54, 1.807) is 0 Å². The van der Waals surface area contributed by atoms with Gasteiger partial charge >= 0.3 is 0 Å². The molecule has 0 aliphatic rings. The van der Waals surface area contributed by atoms with Crippen LogP contribution in [0, 0.1) is 5.92 Å². The maximum atomic E-state index is 5.37. The fourth-order valence-electron chi connectivity index (χ4n) is 1.46. The monoisotopic (exact) mass is 183 g/mol. The van der Waals surface area contributed by atoms with Crippen molar-refractivity contribution in [3.63, 3.8) is 0 Å². The molecule has 1 heteroatoms. The zero-order valence-corrected chi connectivity index (χ0v) is 9.26. The van der Waals surface area contributed by atoms with E-state index in [1.165, 1.54) is 38.5 Å². The highest BCUT2D eigenvalue weighted by Gasteiger charge is 1.98. The molecular weight excluding hydrogens is 158 g/mol. The Hall–Kier alpha value is -0.300. The van der Waals surface area contributed by atoms with Crippen molar-refractivity contribution >= 4 is 0 Å². The first-order valence-corrected chi connectivity index (χ1v) is 5.66. The summed E-state index contributed by atoms with van der Waals surface area (Å²) in [6.45, 7) is 5.27. The lowest BCUT2D eigenvalue weighted by Gasteiger charge is -2.07. The van der Waals surface area contributed by atoms with Crippen molar-refractivity contribution in [2.45, 2.75) is 52.4 Å². The zero-order chi connectivity index (χ0) is 9.94. The lowest BCUT2D eigenvalue weighted by Crippen LogP contribution is -1.95. The van der Waals surface area contributed by atoms with E-state index in [1.807, 2.05) is 0 Å². The first-order valence-electron chi connectivity index (χ1n) is 5.66. The Morgan fingerprint density at radius 2 is 1.92 bits per heavy atom. The molecule has 0 amide bonds. The summed E-state index contributed by atoms with van der Waals surface area (Å²) < 4.78 is 0. The molecular formula is C12H25N. The highest BCUT2D eigenvalue weighted by atomic mass is 14.5. The number of allylic oxidation sites excluding steroid dienone is 1. The van der Waals surface area contributed by atoms with Gasteiger partial charge in [-0.15, -0.1) is 0 Å². The van der Waals surface area contributed by atoms with Crippen LogP contribution < -0.4 is 5.73 Å². The van der Waals surface area contributed by atoms with Crippen LogP contribution in [-0.2, 0) is 0 Å². The summed E-state index contributed by atoms with van der Waals surface area (Å²) in [5.74, 6) is 0.833. The predicted molar refractivity (Wildman–Crippen MR) is 60.7 cm³/mol. The second-order valence-corrected chi connectivity index (χ2v) is 3.90. The third-order valence-electron chi connectivity index (χ3n) is 2.39. The van der Waals surface area contributed by atoms with Crippen molar-refractivity contribution in [2.24, 2.45) is 11.7 Å². The van der Waals surface area contributed by atoms with Crippen LogP contribution in [0.3, 0.4) is 0 Å². The van der Waals surface area contributed by atoms with E-state index in [-0.39, 0.29) is 0 Å². The van der Waals surface area contributed by atoms with E-state index in [0.717, 1.165) is 5.92 Å². The average Bonchev–Trinajstić information content (AvgIpc) is 2.13. The molecule has 0 saturated carbocycles. The van der Waals surface area contributed by atoms with Crippen LogP contribution in [0.25, 0.3) is 0 Å². The molecule has 1 nitrogen and oxygen atoms in total. The van der Waals surface area contributed by atoms with Crippen molar-refractivity contribution in [1.82, 2.24) is 0 Å². The van der Waals surface area contributed by atoms with E-state index in [0.29, 0.717) is 6.54 Å². The summed E-state index contributed by atoms with van der Waals surface area (Å²) in [6.07, 6.45) is 12.4. The van der Waals surface area contributed by atoms with Gasteiger partial charge in [-0.3, -0.25) is 0 Å². The second kappa shape index (κ2) is 9.79. The zero-order valence-electron chi connectivity index (χ0n) is 9.26. The van der Waals surface area contributed by atoms with Gasteiger partial charge in [0.2, 0.25) is 0 Å². The molecule has 0 saturated heterocycles. The standard InChI is InChI=1S/C12H25N/c1-3-4-5-6-9-12(2)10-7-8-11-13/h7-8,12H,3-6,9-11,13H2,1-2H3. The smallest absolute Gasteiger partial charge is 0.0106 e. The van der Waals surface area contributed by atoms with Crippen LogP contribution in [0.5, 0.6) is 0 Å². The third kappa shape index (κ3) is 9.62. The molecule has 0 rings (SSSR count). The summed E-state index contributed by atoms with van der Waals surface area (Å²) >= 11 is 0. The van der Waals surface area contributed by atoms with E-state index >= 15 is 0 Å². The second-order valence-electron chi connectivity index (χ2n) is 3.90. The Morgan fingerprint density at radius 3 is 2.54 bits per heavy atom. The van der Waals surface area contributed by atoms with Crippen LogP contribution in [0.2, 0.25) is 0 Å². The fourth-order valence-corrected chi connectivity index (χ4v) is 1.46. The van der Waals surface area contributed by atoms with Gasteiger partial charge in [-0.05, 0) is 12.3 Å². The Labute approximate surface area is 83.4 Å². The summed E-state index contributed by atoms with van der Waals surface area (Å²) in [5, 5.41) is 0. The highest BCUT2D eigenvalue weighted by molar-refractivity contribution is 4.83. The molecule has 78 valence electrons. The minimum atomic E-state index is 0.683. The molecule has 1 unspecified atom stereocenters. The molecule has 2 N–H and O–H groups in total. The molecule has 0 aliphatic carbocycles. The van der Waals surface area contributed by atoms with Crippen LogP contribution in [-0.4, -0.2) is 6.54 Å². The Morgan fingerprint density at radius 1 is 1.15 bits per heavy atom. The Kier molecular flexibility index (Phi) is 9.56. The van der Waals surface area contributed by atoms with Crippen molar-refractivity contribution in [1.29, 1.82) is 0 Å². The van der Waals surface area contributed by atoms with Gasteiger partial charge in [0.05, 0.1) is 0 Å². The van der Waals surface area contributed by atoms with E-state index in [4.69, 9.17) is 5.73 Å². The number of hydrogen-bond acceptors (Lipinski definition) is 1. The normalized spacial score (nSPS) is 13.8. The number of rotatable bonds is 8. The minimum absolute atomic E-state index is 0.683. The largest absolute Gasteiger partial charge is 0.327 e. The predicted octanol–water partition coefficient (Wildman–Crippen LogP) is 3.50. The summed E-state index contributed by atoms with van der Waals surface area (Å²) in [6, 6.07) is 0. The lowest BCUT2D eigenvalue weighted by molar-refractivity contribution is 0.494. The number of hydrogen-bond donors (Lipinski definition) is 1. The molecule has 0 aromatic rings. The van der Waals surface area contributed by atoms with Gasteiger partial charge in [0.1, 0.15) is 0 Å². The Balaban J connectivity index is 3.19. The van der Waals surface area contributed by atoms with Gasteiger partial charge in [-0.25, -0.2) is 0 Å². The highest BCUT2D eigenvalue weighted by Crippen LogP contribution is 2.13. The summed E-state index contributed by atoms with van der Waals surface area (Å²) in [5.41, 5.74) is 5.37. The molecule has 13 heavy (non-hydrogen) atoms. The van der Waals surface area contributed by atoms with Gasteiger partial charge in [0.15, 0.2) is 0 Å². The molecule has 0 aromatic heterocycles. The van der Waals surface area contributed by atoms with E-state index < -0.39 is 0 Å². The Bertz CT molecular complexity index is 118. The maximum absolute atomic E-state index is 5.37. The van der Waals surface area contributed by atoms with E-state index in [2.05, 4.69) is 26.0 Å². The topological polar surface area (TPSA) is 26.0 Å². The average molecular weight is 183 g/mol. The molecule has 1 atom stereocenters. The molecule has 0 radical (unpaired) electrons. The van der Waals surface area contributed by atoms with Gasteiger partial charge in [-0.1, -0.05) is 58.1 Å². The molecule has 0 heterocycles. The fraction of sp³-hybridized carbons (Fsp3) is 0.833. The van der Waals surface area contributed by atoms with Gasteiger partial charge in [0.25, 0.3) is 0 Å². The van der Waals surface area contributed by atoms with Crippen molar-refractivity contribution in [3.8, 4) is 0 Å². The van der Waals surface area contributed by atoms with E-state index in [9.17, 15) is 0 Å². The number of unbranched alkanes of at least 4 members (excludes halogenated alkanes) is 3. The van der Waals surface area contributed by atoms with Crippen molar-refractivity contribution in [3.05, 3.63) is 12.2 Å². The first kappa shape index (κ1) is 12.7. The summed E-state index contributed by atoms with van der Waals surface area (Å²) in [7, 11) is 0. The third-order valence-corrected chi connectivity index (χ3v) is 2.39. The van der Waals surface area contributed by atoms with Crippen LogP contribution in [0.1, 0.15) is 52.4 Å². The minimum Gasteiger partial charge on any atom is -0.327 e. The lowest BCUT2D eigenvalue weighted by atomic mass is 9.99. The maximum Gasteiger partial charge on any atom is 0.0106 e. The first-order chi connectivity index (χ1) is 6.31. The molecule has 0 aromatic carbocycles. The van der Waals surface area contributed by atoms with Crippen molar-refractivity contribution in [2.75, 3.05) is 6.54 Å². The van der Waals surface area contributed by atoms with Gasteiger partial charge in [0, 0.05) is 6.54 Å². The van der Waals surface area contributed by atoms with Crippen LogP contribution in [0.4, 0.5) is 0 Å². The van der Waals surface area contributed by atoms with Gasteiger partial charge < -0.3 is 5.73 Å². The molecule has 0 fully saturated rings. The SMILES string of the molecule is CCCCCCC(C)CC=CCN. The van der Waals surface area contributed by atoms with Crippen LogP contribution >= 0.6 is 0 Å². The molecule has 0 bridgehead atoms. The number of nitrogens with two attached hydrogens (primary N) is 1. The van der Waals surface area contributed by atoms with Gasteiger partial charge in [-0.2, -0.15) is 0 Å². The van der Waals surface area contributed by atoms with Crippen molar-refractivity contribution < 1.29 is 0 Å². The molecule has 0 spiro atoms. The quantitative estimate of drug-likeness (QED) is 0.452.